The maximum atomic E-state index is 12.6. The number of carbonyl (C=O) groups is 5. The number of aromatic hydroxyl groups is 1. The molecule has 0 aliphatic carbocycles. The van der Waals surface area contributed by atoms with E-state index in [1.54, 1.807) is 12.1 Å². The highest BCUT2D eigenvalue weighted by Gasteiger charge is 2.26. The summed E-state index contributed by atoms with van der Waals surface area (Å²) in [4.78, 5) is 63.5. The van der Waals surface area contributed by atoms with E-state index < -0.39 is 30.5 Å². The predicted octanol–water partition coefficient (Wildman–Crippen LogP) is 3.36. The minimum Gasteiger partial charge on any atom is -0.506 e. The van der Waals surface area contributed by atoms with E-state index in [0.29, 0.717) is 18.6 Å². The number of benzene rings is 2. The molecule has 1 aliphatic rings. The Morgan fingerprint density at radius 1 is 0.844 bits per heavy atom. The SMILES string of the molecule is COC(=O)[C@H](Cc1cc(I)c(Oc2cc(I)c(O)c(I)c2)c(I)c1)NC(=O)COCC(=O)N1CCN(C(=O)CCC(=O)O)CC1. The molecule has 0 aromatic heterocycles. The van der Waals surface area contributed by atoms with Crippen LogP contribution in [0, 0.1) is 14.3 Å². The second-order valence-corrected chi connectivity index (χ2v) is 14.4. The fraction of sp³-hybridized carbons (Fsp3) is 0.393. The smallest absolute Gasteiger partial charge is 0.328 e. The maximum absolute atomic E-state index is 12.6. The molecule has 1 saturated heterocycles. The first-order valence-electron chi connectivity index (χ1n) is 13.3. The summed E-state index contributed by atoms with van der Waals surface area (Å²) in [6.45, 7) is 0.288. The van der Waals surface area contributed by atoms with Gasteiger partial charge >= 0.3 is 11.9 Å². The number of hydrogen-bond acceptors (Lipinski definition) is 9. The number of nitrogens with one attached hydrogen (secondary N) is 1. The lowest BCUT2D eigenvalue weighted by Crippen LogP contribution is -2.51. The van der Waals surface area contributed by atoms with Gasteiger partial charge in [0.15, 0.2) is 5.75 Å². The van der Waals surface area contributed by atoms with Gasteiger partial charge in [0.1, 0.15) is 30.8 Å². The van der Waals surface area contributed by atoms with Gasteiger partial charge in [0.25, 0.3) is 0 Å². The number of aliphatic carboxylic acids is 1. The van der Waals surface area contributed by atoms with Crippen molar-refractivity contribution in [2.24, 2.45) is 0 Å². The molecule has 1 fully saturated rings. The Hall–Kier alpha value is -1.73. The molecule has 17 heteroatoms. The maximum Gasteiger partial charge on any atom is 0.328 e. The molecule has 2 aromatic rings. The van der Waals surface area contributed by atoms with Gasteiger partial charge in [0.05, 0.1) is 27.8 Å². The minimum atomic E-state index is -1.04. The summed E-state index contributed by atoms with van der Waals surface area (Å²) in [7, 11) is 1.22. The molecule has 0 saturated carbocycles. The standard InChI is InChI=1S/C28H29I4N3O10/c1-43-28(42)21(10-15-8-19(31)27(20(32)9-15)45-16-11-17(29)26(41)18(30)12-16)33-22(36)13-44-14-24(38)35-6-4-34(5-7-35)23(37)2-3-25(39)40/h8-9,11-12,21,41H,2-7,10,13-14H2,1H3,(H,33,36)(H,39,40)/t21-/m0/s1. The minimum absolute atomic E-state index is 0.0910. The normalized spacial score (nSPS) is 13.6. The summed E-state index contributed by atoms with van der Waals surface area (Å²) in [5.41, 5.74) is 0.749. The van der Waals surface area contributed by atoms with Crippen LogP contribution in [-0.4, -0.2) is 102 Å². The van der Waals surface area contributed by atoms with Crippen molar-refractivity contribution < 1.29 is 48.4 Å². The summed E-state index contributed by atoms with van der Waals surface area (Å²) in [5.74, 6) is -1.55. The predicted molar refractivity (Wildman–Crippen MR) is 194 cm³/mol. The van der Waals surface area contributed by atoms with Gasteiger partial charge < -0.3 is 39.5 Å². The van der Waals surface area contributed by atoms with Gasteiger partial charge in [-0.3, -0.25) is 19.2 Å². The third-order valence-electron chi connectivity index (χ3n) is 6.53. The molecule has 13 nitrogen and oxygen atoms in total. The summed E-state index contributed by atoms with van der Waals surface area (Å²) in [5, 5.41) is 21.4. The Kier molecular flexibility index (Phi) is 15.1. The van der Waals surface area contributed by atoms with E-state index in [1.165, 1.54) is 16.9 Å². The van der Waals surface area contributed by atoms with Crippen LogP contribution in [-0.2, 0) is 39.9 Å². The van der Waals surface area contributed by atoms with Crippen molar-refractivity contribution >= 4 is 120 Å². The first kappa shape index (κ1) is 37.7. The fourth-order valence-electron chi connectivity index (χ4n) is 4.25. The van der Waals surface area contributed by atoms with Crippen molar-refractivity contribution in [1.29, 1.82) is 0 Å². The Labute approximate surface area is 313 Å². The Morgan fingerprint density at radius 2 is 1.40 bits per heavy atom. The number of carboxylic acids is 1. The van der Waals surface area contributed by atoms with Crippen molar-refractivity contribution in [3.05, 3.63) is 44.1 Å². The monoisotopic (exact) mass is 1070 g/mol. The summed E-state index contributed by atoms with van der Waals surface area (Å²) in [6.07, 6.45) is -0.202. The number of amides is 3. The van der Waals surface area contributed by atoms with Gasteiger partial charge in [-0.15, -0.1) is 0 Å². The zero-order valence-electron chi connectivity index (χ0n) is 23.8. The highest BCUT2D eigenvalue weighted by molar-refractivity contribution is 14.1. The molecular weight excluding hydrogens is 1050 g/mol. The molecule has 1 heterocycles. The van der Waals surface area contributed by atoms with Crippen molar-refractivity contribution in [2.45, 2.75) is 25.3 Å². The van der Waals surface area contributed by atoms with Crippen LogP contribution in [0.3, 0.4) is 0 Å². The quantitative estimate of drug-likeness (QED) is 0.200. The molecule has 1 aliphatic heterocycles. The molecule has 0 unspecified atom stereocenters. The number of hydrogen-bond donors (Lipinski definition) is 3. The third-order valence-corrected chi connectivity index (χ3v) is 9.77. The van der Waals surface area contributed by atoms with E-state index in [9.17, 15) is 29.1 Å². The van der Waals surface area contributed by atoms with Crippen LogP contribution in [0.25, 0.3) is 0 Å². The Balaban J connectivity index is 1.52. The van der Waals surface area contributed by atoms with Crippen molar-refractivity contribution in [3.63, 3.8) is 0 Å². The number of carbonyl (C=O) groups excluding carboxylic acids is 4. The van der Waals surface area contributed by atoms with Crippen LogP contribution < -0.4 is 10.1 Å². The van der Waals surface area contributed by atoms with Crippen molar-refractivity contribution in [2.75, 3.05) is 46.5 Å². The second-order valence-electron chi connectivity index (χ2n) is 9.72. The highest BCUT2D eigenvalue weighted by atomic mass is 127. The Bertz CT molecular complexity index is 1400. The van der Waals surface area contributed by atoms with Crippen LogP contribution in [0.5, 0.6) is 17.2 Å². The molecule has 244 valence electrons. The average molecular weight is 1080 g/mol. The van der Waals surface area contributed by atoms with Gasteiger partial charge in [-0.25, -0.2) is 4.79 Å². The molecule has 3 amide bonds. The lowest BCUT2D eigenvalue weighted by Gasteiger charge is -2.34. The number of methoxy groups -OCH3 is 1. The molecule has 0 spiro atoms. The molecule has 45 heavy (non-hydrogen) atoms. The van der Waals surface area contributed by atoms with Crippen LogP contribution in [0.1, 0.15) is 18.4 Å². The van der Waals surface area contributed by atoms with E-state index >= 15 is 0 Å². The van der Waals surface area contributed by atoms with Crippen molar-refractivity contribution in [1.82, 2.24) is 15.1 Å². The first-order chi connectivity index (χ1) is 21.3. The number of nitrogens with zero attached hydrogens (tertiary/aromatic N) is 2. The lowest BCUT2D eigenvalue weighted by molar-refractivity contribution is -0.147. The van der Waals surface area contributed by atoms with Crippen LogP contribution >= 0.6 is 90.4 Å². The number of esters is 1. The lowest BCUT2D eigenvalue weighted by atomic mass is 10.1. The van der Waals surface area contributed by atoms with E-state index in [-0.39, 0.29) is 69.6 Å². The van der Waals surface area contributed by atoms with Gasteiger partial charge in [0, 0.05) is 39.0 Å². The van der Waals surface area contributed by atoms with Crippen LogP contribution in [0.4, 0.5) is 0 Å². The molecule has 2 aromatic carbocycles. The number of rotatable bonds is 13. The molecule has 3 rings (SSSR count). The third kappa shape index (κ3) is 11.5. The second kappa shape index (κ2) is 18.0. The molecule has 0 bridgehead atoms. The summed E-state index contributed by atoms with van der Waals surface area (Å²) in [6, 6.07) is 6.13. The zero-order chi connectivity index (χ0) is 33.3. The Morgan fingerprint density at radius 3 is 1.93 bits per heavy atom. The van der Waals surface area contributed by atoms with E-state index in [0.717, 1.165) is 12.7 Å². The van der Waals surface area contributed by atoms with E-state index in [4.69, 9.17) is 19.3 Å². The zero-order valence-corrected chi connectivity index (χ0v) is 32.4. The summed E-state index contributed by atoms with van der Waals surface area (Å²) >= 11 is 8.32. The van der Waals surface area contributed by atoms with E-state index in [1.807, 2.05) is 57.3 Å². The molecule has 0 radical (unpaired) electrons. The van der Waals surface area contributed by atoms with E-state index in [2.05, 4.69) is 50.5 Å². The average Bonchev–Trinajstić information content (AvgIpc) is 2.99. The fourth-order valence-corrected chi connectivity index (χ4v) is 8.08. The van der Waals surface area contributed by atoms with Gasteiger partial charge in [0.2, 0.25) is 17.7 Å². The number of ether oxygens (including phenoxy) is 3. The van der Waals surface area contributed by atoms with Gasteiger partial charge in [-0.2, -0.15) is 0 Å². The topological polar surface area (TPSA) is 172 Å². The van der Waals surface area contributed by atoms with Crippen molar-refractivity contribution in [3.8, 4) is 17.2 Å². The largest absolute Gasteiger partial charge is 0.506 e. The van der Waals surface area contributed by atoms with Gasteiger partial charge in [-0.05, 0) is 120 Å². The van der Waals surface area contributed by atoms with Crippen LogP contribution in [0.2, 0.25) is 0 Å². The highest BCUT2D eigenvalue weighted by Crippen LogP contribution is 2.37. The number of phenolic OH excluding ortho intramolecular Hbond substituents is 1. The molecule has 1 atom stereocenters. The number of halogens is 4. The molecular formula is C28H29I4N3O10. The van der Waals surface area contributed by atoms with Gasteiger partial charge in [-0.1, -0.05) is 0 Å². The first-order valence-corrected chi connectivity index (χ1v) is 17.7. The van der Waals surface area contributed by atoms with Crippen LogP contribution in [0.15, 0.2) is 24.3 Å². The molecule has 3 N–H and O–H groups in total. The number of piperazine rings is 1. The number of phenols is 1. The number of carboxylic acid groups (broad SMARTS) is 1. The summed E-state index contributed by atoms with van der Waals surface area (Å²) < 4.78 is 19.2.